The molecule has 3 amide bonds. The van der Waals surface area contributed by atoms with Crippen LogP contribution in [0.1, 0.15) is 20.8 Å². The Morgan fingerprint density at radius 3 is 2.62 bits per heavy atom. The maximum absolute atomic E-state index is 11.6. The summed E-state index contributed by atoms with van der Waals surface area (Å²) in [5, 5.41) is 2.44. The molecule has 0 radical (unpaired) electrons. The maximum atomic E-state index is 11.6. The summed E-state index contributed by atoms with van der Waals surface area (Å²) in [6, 6.07) is -0.603. The van der Waals surface area contributed by atoms with E-state index < -0.39 is 21.4 Å². The number of alkyl halides is 1. The van der Waals surface area contributed by atoms with Gasteiger partial charge in [-0.1, -0.05) is 0 Å². The number of nitrogens with zero attached hydrogens (tertiary/aromatic N) is 1. The van der Waals surface area contributed by atoms with Crippen LogP contribution in [0.25, 0.3) is 0 Å². The minimum atomic E-state index is -0.965. The van der Waals surface area contributed by atoms with Crippen molar-refractivity contribution >= 4 is 34.7 Å². The zero-order valence-electron chi connectivity index (χ0n) is 9.28. The summed E-state index contributed by atoms with van der Waals surface area (Å²) in [6.45, 7) is 5.17. The summed E-state index contributed by atoms with van der Waals surface area (Å²) in [7, 11) is 0. The summed E-state index contributed by atoms with van der Waals surface area (Å²) in [6.07, 6.45) is 2.08. The molecule has 7 heteroatoms. The predicted octanol–water partition coefficient (Wildman–Crippen LogP) is 1.51. The topological polar surface area (TPSA) is 84.7 Å². The Labute approximate surface area is 107 Å². The number of halogens is 1. The fraction of sp³-hybridized carbons (Fsp3) is 0.556. The van der Waals surface area contributed by atoms with Gasteiger partial charge in [0, 0.05) is 6.20 Å². The Hall–Kier alpha value is -0.830. The number of nitrogens with two attached hydrogens (primary N) is 1. The van der Waals surface area contributed by atoms with E-state index in [1.165, 1.54) is 12.3 Å². The Morgan fingerprint density at radius 2 is 2.19 bits per heavy atom. The first-order valence-electron chi connectivity index (χ1n) is 4.62. The van der Waals surface area contributed by atoms with Crippen molar-refractivity contribution in [3.05, 3.63) is 12.3 Å². The van der Waals surface area contributed by atoms with E-state index in [1.54, 1.807) is 20.8 Å². The number of hydrogen-bond acceptors (Lipinski definition) is 4. The molecule has 6 nitrogen and oxygen atoms in total. The Kier molecular flexibility index (Phi) is 3.48. The Balaban J connectivity index is 2.76. The molecule has 0 saturated carbocycles. The van der Waals surface area contributed by atoms with E-state index in [1.807, 2.05) is 22.6 Å². The van der Waals surface area contributed by atoms with Gasteiger partial charge in [-0.25, -0.2) is 14.5 Å². The number of urea groups is 1. The SMILES string of the molecule is CC(C)(C)OC(=O)N1C=CC(N)(I)NC1=O. The number of carbonyl (C=O) groups excluding carboxylic acids is 2. The summed E-state index contributed by atoms with van der Waals surface area (Å²) in [4.78, 5) is 23.9. The Morgan fingerprint density at radius 1 is 1.62 bits per heavy atom. The van der Waals surface area contributed by atoms with Crippen LogP contribution >= 0.6 is 22.6 Å². The van der Waals surface area contributed by atoms with Crippen molar-refractivity contribution in [3.8, 4) is 0 Å². The maximum Gasteiger partial charge on any atom is 0.422 e. The first kappa shape index (κ1) is 13.2. The number of imide groups is 1. The van der Waals surface area contributed by atoms with Crippen LogP contribution in [-0.4, -0.2) is 26.3 Å². The molecule has 1 atom stereocenters. The summed E-state index contributed by atoms with van der Waals surface area (Å²) < 4.78 is 4.08. The fourth-order valence-electron chi connectivity index (χ4n) is 0.971. The van der Waals surface area contributed by atoms with E-state index >= 15 is 0 Å². The van der Waals surface area contributed by atoms with Crippen molar-refractivity contribution < 1.29 is 14.3 Å². The Bertz CT molecular complexity index is 346. The van der Waals surface area contributed by atoms with Crippen molar-refractivity contribution in [1.29, 1.82) is 0 Å². The highest BCUT2D eigenvalue weighted by Gasteiger charge is 2.33. The van der Waals surface area contributed by atoms with Crippen LogP contribution in [-0.2, 0) is 4.74 Å². The second-order valence-electron chi connectivity index (χ2n) is 4.36. The van der Waals surface area contributed by atoms with E-state index in [2.05, 4.69) is 5.32 Å². The molecule has 1 unspecified atom stereocenters. The van der Waals surface area contributed by atoms with Gasteiger partial charge in [-0.15, -0.1) is 0 Å². The van der Waals surface area contributed by atoms with Gasteiger partial charge in [0.05, 0.1) is 0 Å². The van der Waals surface area contributed by atoms with Gasteiger partial charge in [0.1, 0.15) is 5.60 Å². The van der Waals surface area contributed by atoms with Crippen LogP contribution in [0.15, 0.2) is 12.3 Å². The molecule has 1 heterocycles. The number of nitrogens with one attached hydrogen (secondary N) is 1. The van der Waals surface area contributed by atoms with Crippen LogP contribution in [0.4, 0.5) is 9.59 Å². The monoisotopic (exact) mass is 339 g/mol. The van der Waals surface area contributed by atoms with Gasteiger partial charge >= 0.3 is 12.1 Å². The van der Waals surface area contributed by atoms with Gasteiger partial charge in [-0.3, -0.25) is 5.73 Å². The highest BCUT2D eigenvalue weighted by molar-refractivity contribution is 14.1. The summed E-state index contributed by atoms with van der Waals surface area (Å²) in [5.74, 6) is 0. The quantitative estimate of drug-likeness (QED) is 0.398. The lowest BCUT2D eigenvalue weighted by molar-refractivity contribution is 0.0381. The zero-order chi connectivity index (χ0) is 12.6. The first-order valence-corrected chi connectivity index (χ1v) is 5.70. The van der Waals surface area contributed by atoms with Gasteiger partial charge in [-0.2, -0.15) is 0 Å². The molecule has 0 aromatic heterocycles. The van der Waals surface area contributed by atoms with Crippen LogP contribution in [0, 0.1) is 0 Å². The van der Waals surface area contributed by atoms with Gasteiger partial charge in [-0.05, 0) is 49.4 Å². The smallest absolute Gasteiger partial charge is 0.422 e. The highest BCUT2D eigenvalue weighted by atomic mass is 127. The number of amides is 3. The molecule has 1 aliphatic rings. The lowest BCUT2D eigenvalue weighted by Gasteiger charge is -2.30. The number of rotatable bonds is 0. The van der Waals surface area contributed by atoms with Crippen LogP contribution in [0.2, 0.25) is 0 Å². The zero-order valence-corrected chi connectivity index (χ0v) is 11.4. The molecule has 90 valence electrons. The van der Waals surface area contributed by atoms with Gasteiger partial charge in [0.2, 0.25) is 0 Å². The first-order chi connectivity index (χ1) is 7.11. The number of hydrogen-bond donors (Lipinski definition) is 2. The second kappa shape index (κ2) is 4.21. The van der Waals surface area contributed by atoms with Gasteiger partial charge in [0.15, 0.2) is 3.67 Å². The molecule has 0 aromatic rings. The average Bonchev–Trinajstić information content (AvgIpc) is 1.97. The van der Waals surface area contributed by atoms with Crippen LogP contribution in [0.3, 0.4) is 0 Å². The highest BCUT2D eigenvalue weighted by Crippen LogP contribution is 2.17. The van der Waals surface area contributed by atoms with E-state index in [4.69, 9.17) is 10.5 Å². The van der Waals surface area contributed by atoms with Gasteiger partial charge < -0.3 is 10.1 Å². The number of ether oxygens (including phenoxy) is 1. The molecular weight excluding hydrogens is 325 g/mol. The minimum Gasteiger partial charge on any atom is -0.443 e. The van der Waals surface area contributed by atoms with E-state index in [-0.39, 0.29) is 0 Å². The molecule has 1 aliphatic heterocycles. The fourth-order valence-corrected chi connectivity index (χ4v) is 1.36. The van der Waals surface area contributed by atoms with Crippen molar-refractivity contribution in [2.45, 2.75) is 30.0 Å². The van der Waals surface area contributed by atoms with Crippen molar-refractivity contribution in [3.63, 3.8) is 0 Å². The standard InChI is InChI=1S/C9H14IN3O3/c1-8(2,3)16-7(15)13-5-4-9(10,11)12-6(13)14/h4-5H,11H2,1-3H3,(H,12,14). The molecule has 0 saturated heterocycles. The average molecular weight is 339 g/mol. The molecule has 0 fully saturated rings. The molecule has 0 aromatic carbocycles. The molecule has 3 N–H and O–H groups in total. The molecule has 0 aliphatic carbocycles. The second-order valence-corrected chi connectivity index (χ2v) is 6.15. The van der Waals surface area contributed by atoms with Gasteiger partial charge in [0.25, 0.3) is 0 Å². The minimum absolute atomic E-state index is 0.603. The molecular formula is C9H14IN3O3. The van der Waals surface area contributed by atoms with E-state index in [9.17, 15) is 9.59 Å². The largest absolute Gasteiger partial charge is 0.443 e. The molecule has 0 bridgehead atoms. The van der Waals surface area contributed by atoms with Crippen molar-refractivity contribution in [1.82, 2.24) is 10.2 Å². The normalized spacial score (nSPS) is 25.3. The van der Waals surface area contributed by atoms with Crippen LogP contribution < -0.4 is 11.1 Å². The third-order valence-corrected chi connectivity index (χ3v) is 2.20. The lowest BCUT2D eigenvalue weighted by atomic mass is 10.2. The van der Waals surface area contributed by atoms with Crippen LogP contribution in [0.5, 0.6) is 0 Å². The van der Waals surface area contributed by atoms with E-state index in [0.29, 0.717) is 0 Å². The lowest BCUT2D eigenvalue weighted by Crippen LogP contribution is -2.57. The number of carbonyl (C=O) groups is 2. The third kappa shape index (κ3) is 3.63. The van der Waals surface area contributed by atoms with Crippen molar-refractivity contribution in [2.75, 3.05) is 0 Å². The summed E-state index contributed by atoms with van der Waals surface area (Å²) in [5.41, 5.74) is 5.00. The van der Waals surface area contributed by atoms with E-state index in [0.717, 1.165) is 4.90 Å². The predicted molar refractivity (Wildman–Crippen MR) is 66.7 cm³/mol. The molecule has 0 spiro atoms. The van der Waals surface area contributed by atoms with Crippen molar-refractivity contribution in [2.24, 2.45) is 5.73 Å². The summed E-state index contributed by atoms with van der Waals surface area (Å²) >= 11 is 1.85. The molecule has 1 rings (SSSR count). The molecule has 16 heavy (non-hydrogen) atoms. The third-order valence-electron chi connectivity index (χ3n) is 1.57.